The second-order valence-electron chi connectivity index (χ2n) is 0.989. The Kier molecular flexibility index (Phi) is 2.81. The van der Waals surface area contributed by atoms with Crippen LogP contribution in [0, 0.1) is 0 Å². The lowest BCUT2D eigenvalue weighted by Crippen LogP contribution is -1.94. The SMILES string of the molecule is CCC(=O)[C]=[N+]=[N-]. The van der Waals surface area contributed by atoms with Crippen LogP contribution in [0.2, 0.25) is 0 Å². The molecule has 0 N–H and O–H groups in total. The molecule has 0 atom stereocenters. The Morgan fingerprint density at radius 3 is 2.71 bits per heavy atom. The van der Waals surface area contributed by atoms with Crippen LogP contribution < -0.4 is 0 Å². The molecule has 0 aliphatic heterocycles. The van der Waals surface area contributed by atoms with Crippen LogP contribution in [0.3, 0.4) is 0 Å². The Bertz CT molecular complexity index is 113. The Morgan fingerprint density at radius 1 is 2.00 bits per heavy atom. The van der Waals surface area contributed by atoms with Gasteiger partial charge in [-0.2, -0.15) is 4.79 Å². The molecule has 0 aromatic rings. The summed E-state index contributed by atoms with van der Waals surface area (Å²) in [5, 5.41) is 0. The van der Waals surface area contributed by atoms with Gasteiger partial charge in [0.2, 0.25) is 0 Å². The first-order chi connectivity index (χ1) is 3.31. The second kappa shape index (κ2) is 3.25. The van der Waals surface area contributed by atoms with Gasteiger partial charge >= 0.3 is 6.21 Å². The fourth-order valence-electron chi connectivity index (χ4n) is 0.135. The number of nitrogens with zero attached hydrogens (tertiary/aromatic N) is 2. The lowest BCUT2D eigenvalue weighted by Gasteiger charge is -1.66. The maximum Gasteiger partial charge on any atom is 0.449 e. The number of carbonyl (C=O) groups excluding carboxylic acids is 1. The molecule has 0 aliphatic carbocycles. The average molecular weight is 97.1 g/mol. The summed E-state index contributed by atoms with van der Waals surface area (Å²) in [6.45, 7) is 1.67. The first kappa shape index (κ1) is 6.05. The fraction of sp³-hybridized carbons (Fsp3) is 0.500. The van der Waals surface area contributed by atoms with Crippen LogP contribution in [0.4, 0.5) is 0 Å². The Hall–Kier alpha value is -0.950. The van der Waals surface area contributed by atoms with Crippen LogP contribution in [-0.2, 0) is 4.79 Å². The van der Waals surface area contributed by atoms with Crippen LogP contribution in [0.5, 0.6) is 0 Å². The quantitative estimate of drug-likeness (QED) is 0.275. The zero-order valence-electron chi connectivity index (χ0n) is 4.01. The minimum Gasteiger partial charge on any atom is -0.360 e. The molecular weight excluding hydrogens is 92.1 g/mol. The van der Waals surface area contributed by atoms with E-state index in [9.17, 15) is 4.79 Å². The van der Waals surface area contributed by atoms with Crippen molar-refractivity contribution in [2.75, 3.05) is 0 Å². The Labute approximate surface area is 41.6 Å². The number of carbonyl (C=O) groups is 1. The van der Waals surface area contributed by atoms with E-state index in [4.69, 9.17) is 5.53 Å². The van der Waals surface area contributed by atoms with E-state index in [0.29, 0.717) is 6.42 Å². The lowest BCUT2D eigenvalue weighted by molar-refractivity contribution is -0.115. The third-order valence-electron chi connectivity index (χ3n) is 0.496. The van der Waals surface area contributed by atoms with Crippen LogP contribution in [0.15, 0.2) is 0 Å². The number of ketones is 1. The van der Waals surface area contributed by atoms with Gasteiger partial charge in [0.25, 0.3) is 5.78 Å². The van der Waals surface area contributed by atoms with E-state index >= 15 is 0 Å². The number of Topliss-reactive ketones (excluding diaryl/α,β-unsaturated/α-hetero) is 1. The minimum atomic E-state index is -0.289. The zero-order chi connectivity index (χ0) is 5.70. The predicted molar refractivity (Wildman–Crippen MR) is 23.9 cm³/mol. The smallest absolute Gasteiger partial charge is 0.360 e. The summed E-state index contributed by atoms with van der Waals surface area (Å²) >= 11 is 0. The van der Waals surface area contributed by atoms with E-state index in [-0.39, 0.29) is 5.78 Å². The normalized spacial score (nSPS) is 7.00. The van der Waals surface area contributed by atoms with Crippen LogP contribution in [-0.4, -0.2) is 16.8 Å². The number of hydrogen-bond acceptors (Lipinski definition) is 1. The molecule has 0 spiro atoms. The van der Waals surface area contributed by atoms with Crippen LogP contribution in [0.25, 0.3) is 5.53 Å². The van der Waals surface area contributed by atoms with Crippen molar-refractivity contribution < 1.29 is 9.58 Å². The average Bonchev–Trinajstić information content (AvgIpc) is 1.68. The molecule has 0 saturated carbocycles. The van der Waals surface area contributed by atoms with Crippen molar-refractivity contribution >= 4 is 12.0 Å². The maximum atomic E-state index is 10.0. The highest BCUT2D eigenvalue weighted by molar-refractivity contribution is 6.24. The lowest BCUT2D eigenvalue weighted by atomic mass is 10.3. The molecule has 0 rings (SSSR count). The summed E-state index contributed by atoms with van der Waals surface area (Å²) in [6.07, 6.45) is 2.17. The molecule has 7 heavy (non-hydrogen) atoms. The van der Waals surface area contributed by atoms with E-state index in [1.807, 2.05) is 6.21 Å². The first-order valence-corrected chi connectivity index (χ1v) is 1.94. The molecule has 3 nitrogen and oxygen atoms in total. The molecule has 0 bridgehead atoms. The highest BCUT2D eigenvalue weighted by atomic mass is 16.1. The summed E-state index contributed by atoms with van der Waals surface area (Å²) in [6, 6.07) is 0. The highest BCUT2D eigenvalue weighted by Gasteiger charge is 1.96. The molecule has 0 aromatic carbocycles. The van der Waals surface area contributed by atoms with Gasteiger partial charge in [-0.15, -0.1) is 0 Å². The van der Waals surface area contributed by atoms with Gasteiger partial charge in [0.05, 0.1) is 0 Å². The van der Waals surface area contributed by atoms with Gasteiger partial charge < -0.3 is 5.53 Å². The van der Waals surface area contributed by atoms with Crippen molar-refractivity contribution in [3.05, 3.63) is 5.53 Å². The standard InChI is InChI=1S/C4H5N2O/c1-2-4(7)3-6-5/h2H2,1H3. The maximum absolute atomic E-state index is 10.0. The Balaban J connectivity index is 3.58. The molecule has 0 amide bonds. The van der Waals surface area contributed by atoms with Gasteiger partial charge in [-0.05, 0) is 0 Å². The molecule has 0 aliphatic rings. The number of hydrogen-bond donors (Lipinski definition) is 0. The van der Waals surface area contributed by atoms with Crippen molar-refractivity contribution in [2.24, 2.45) is 0 Å². The zero-order valence-corrected chi connectivity index (χ0v) is 4.01. The van der Waals surface area contributed by atoms with Gasteiger partial charge in [0, 0.05) is 6.42 Å². The molecular formula is C4H5N2O. The van der Waals surface area contributed by atoms with Gasteiger partial charge in [-0.25, -0.2) is 0 Å². The first-order valence-electron chi connectivity index (χ1n) is 1.94. The molecule has 0 fully saturated rings. The molecule has 0 heterocycles. The van der Waals surface area contributed by atoms with Crippen molar-refractivity contribution in [3.63, 3.8) is 0 Å². The molecule has 37 valence electrons. The summed E-state index contributed by atoms with van der Waals surface area (Å²) in [4.78, 5) is 12.5. The summed E-state index contributed by atoms with van der Waals surface area (Å²) in [5.74, 6) is -0.289. The largest absolute Gasteiger partial charge is 0.449 e. The van der Waals surface area contributed by atoms with E-state index in [2.05, 4.69) is 4.79 Å². The van der Waals surface area contributed by atoms with Crippen molar-refractivity contribution in [3.8, 4) is 0 Å². The van der Waals surface area contributed by atoms with Crippen molar-refractivity contribution in [1.82, 2.24) is 0 Å². The van der Waals surface area contributed by atoms with Gasteiger partial charge in [-0.1, -0.05) is 6.92 Å². The Morgan fingerprint density at radius 2 is 2.57 bits per heavy atom. The van der Waals surface area contributed by atoms with Crippen LogP contribution in [0.1, 0.15) is 13.3 Å². The second-order valence-corrected chi connectivity index (χ2v) is 0.989. The summed E-state index contributed by atoms with van der Waals surface area (Å²) < 4.78 is 0. The fourth-order valence-corrected chi connectivity index (χ4v) is 0.135. The van der Waals surface area contributed by atoms with Crippen molar-refractivity contribution in [2.45, 2.75) is 13.3 Å². The molecule has 0 saturated heterocycles. The van der Waals surface area contributed by atoms with Gasteiger partial charge in [0.15, 0.2) is 0 Å². The molecule has 0 aromatic heterocycles. The topological polar surface area (TPSA) is 53.5 Å². The predicted octanol–water partition coefficient (Wildman–Crippen LogP) is 0.143. The summed E-state index contributed by atoms with van der Waals surface area (Å²) in [7, 11) is 0. The van der Waals surface area contributed by atoms with E-state index < -0.39 is 0 Å². The minimum absolute atomic E-state index is 0.289. The monoisotopic (exact) mass is 97.0 g/mol. The number of rotatable bonds is 2. The van der Waals surface area contributed by atoms with Gasteiger partial charge in [-0.3, -0.25) is 4.79 Å². The van der Waals surface area contributed by atoms with E-state index in [1.165, 1.54) is 0 Å². The van der Waals surface area contributed by atoms with Crippen LogP contribution >= 0.6 is 0 Å². The molecule has 1 radical (unpaired) electrons. The van der Waals surface area contributed by atoms with E-state index in [1.54, 1.807) is 6.92 Å². The van der Waals surface area contributed by atoms with Crippen molar-refractivity contribution in [1.29, 1.82) is 0 Å². The highest BCUT2D eigenvalue weighted by Crippen LogP contribution is 1.70. The molecule has 0 unspecified atom stereocenters. The third kappa shape index (κ3) is 2.86. The third-order valence-corrected chi connectivity index (χ3v) is 0.496. The molecule has 3 heteroatoms. The van der Waals surface area contributed by atoms with E-state index in [0.717, 1.165) is 0 Å². The van der Waals surface area contributed by atoms with Gasteiger partial charge in [0.1, 0.15) is 0 Å². The summed E-state index contributed by atoms with van der Waals surface area (Å²) in [5.41, 5.74) is 7.66.